The Morgan fingerprint density at radius 3 is 2.73 bits per heavy atom. The van der Waals surface area contributed by atoms with Crippen molar-refractivity contribution in [2.24, 2.45) is 5.73 Å². The average Bonchev–Trinajstić information content (AvgIpc) is 2.45. The van der Waals surface area contributed by atoms with Gasteiger partial charge in [0.1, 0.15) is 15.7 Å². The number of nitrogens with two attached hydrogens (primary N) is 1. The van der Waals surface area contributed by atoms with E-state index in [1.165, 1.54) is 17.8 Å². The highest BCUT2D eigenvalue weighted by Crippen LogP contribution is 2.14. The molecule has 5 nitrogen and oxygen atoms in total. The first-order chi connectivity index (χ1) is 10.3. The van der Waals surface area contributed by atoms with Crippen LogP contribution in [0.5, 0.6) is 0 Å². The van der Waals surface area contributed by atoms with Crippen molar-refractivity contribution in [3.05, 3.63) is 35.6 Å². The highest BCUT2D eigenvalue weighted by molar-refractivity contribution is 7.98. The lowest BCUT2D eigenvalue weighted by atomic mass is 10.2. The summed E-state index contributed by atoms with van der Waals surface area (Å²) in [6, 6.07) is 5.73. The summed E-state index contributed by atoms with van der Waals surface area (Å²) in [6.45, 7) is 0.407. The molecule has 1 atom stereocenters. The van der Waals surface area contributed by atoms with Gasteiger partial charge < -0.3 is 11.1 Å². The minimum atomic E-state index is -3.12. The highest BCUT2D eigenvalue weighted by atomic mass is 32.2. The van der Waals surface area contributed by atoms with Crippen LogP contribution in [0.15, 0.2) is 24.3 Å². The number of nitrogens with one attached hydrogen (secondary N) is 1. The van der Waals surface area contributed by atoms with Crippen LogP contribution in [0.3, 0.4) is 0 Å². The number of thioether (sulfide) groups is 1. The first kappa shape index (κ1) is 18.9. The molecule has 0 bridgehead atoms. The van der Waals surface area contributed by atoms with E-state index in [1.807, 2.05) is 0 Å². The average molecular weight is 348 g/mol. The standard InChI is InChI=1S/C14H21FN2O3S2/c1-22(19,20)9-6-13(16)14(18)17-7-8-21-10-11-4-2-3-5-12(11)15/h2-5,13H,6-10,16H2,1H3,(H,17,18). The summed E-state index contributed by atoms with van der Waals surface area (Å²) in [7, 11) is -3.12. The Morgan fingerprint density at radius 2 is 2.09 bits per heavy atom. The molecule has 0 spiro atoms. The zero-order valence-electron chi connectivity index (χ0n) is 12.4. The van der Waals surface area contributed by atoms with Crippen molar-refractivity contribution < 1.29 is 17.6 Å². The van der Waals surface area contributed by atoms with E-state index in [0.717, 1.165) is 6.26 Å². The van der Waals surface area contributed by atoms with Gasteiger partial charge in [-0.1, -0.05) is 18.2 Å². The molecule has 3 N–H and O–H groups in total. The number of carbonyl (C=O) groups excluding carboxylic acids is 1. The van der Waals surface area contributed by atoms with Gasteiger partial charge in [0.2, 0.25) is 5.91 Å². The number of hydrogen-bond acceptors (Lipinski definition) is 5. The van der Waals surface area contributed by atoms with Crippen molar-refractivity contribution in [3.8, 4) is 0 Å². The van der Waals surface area contributed by atoms with E-state index in [9.17, 15) is 17.6 Å². The minimum absolute atomic E-state index is 0.104. The van der Waals surface area contributed by atoms with Gasteiger partial charge in [-0.15, -0.1) is 0 Å². The predicted molar refractivity (Wildman–Crippen MR) is 87.9 cm³/mol. The third kappa shape index (κ3) is 7.77. The molecule has 1 aromatic carbocycles. The van der Waals surface area contributed by atoms with Crippen molar-refractivity contribution in [2.75, 3.05) is 24.3 Å². The van der Waals surface area contributed by atoms with Crippen molar-refractivity contribution in [3.63, 3.8) is 0 Å². The Hall–Kier alpha value is -1.12. The summed E-state index contributed by atoms with van der Waals surface area (Å²) in [6.07, 6.45) is 1.21. The molecule has 0 aliphatic carbocycles. The summed E-state index contributed by atoms with van der Waals surface area (Å²) in [5, 5.41) is 2.65. The smallest absolute Gasteiger partial charge is 0.236 e. The number of rotatable bonds is 9. The van der Waals surface area contributed by atoms with Gasteiger partial charge in [-0.2, -0.15) is 11.8 Å². The first-order valence-electron chi connectivity index (χ1n) is 6.82. The Morgan fingerprint density at radius 1 is 1.41 bits per heavy atom. The fraction of sp³-hybridized carbons (Fsp3) is 0.500. The fourth-order valence-electron chi connectivity index (χ4n) is 1.65. The van der Waals surface area contributed by atoms with Gasteiger partial charge in [0.15, 0.2) is 0 Å². The normalized spacial score (nSPS) is 12.9. The lowest BCUT2D eigenvalue weighted by Crippen LogP contribution is -2.42. The maximum Gasteiger partial charge on any atom is 0.236 e. The van der Waals surface area contributed by atoms with Crippen LogP contribution in [0.2, 0.25) is 0 Å². The molecule has 0 saturated carbocycles. The topological polar surface area (TPSA) is 89.3 Å². The van der Waals surface area contributed by atoms with Gasteiger partial charge in [-0.25, -0.2) is 12.8 Å². The van der Waals surface area contributed by atoms with E-state index in [2.05, 4.69) is 5.32 Å². The second-order valence-corrected chi connectivity index (χ2v) is 8.32. The van der Waals surface area contributed by atoms with E-state index >= 15 is 0 Å². The molecule has 1 amide bonds. The maximum atomic E-state index is 13.4. The van der Waals surface area contributed by atoms with Crippen molar-refractivity contribution in [2.45, 2.75) is 18.2 Å². The molecule has 8 heteroatoms. The third-order valence-corrected chi connectivity index (χ3v) is 4.88. The summed E-state index contributed by atoms with van der Waals surface area (Å²) in [5.74, 6) is 0.447. The van der Waals surface area contributed by atoms with E-state index < -0.39 is 15.9 Å². The van der Waals surface area contributed by atoms with Crippen LogP contribution in [-0.2, 0) is 20.4 Å². The van der Waals surface area contributed by atoms with Gasteiger partial charge >= 0.3 is 0 Å². The molecule has 0 saturated heterocycles. The quantitative estimate of drug-likeness (QED) is 0.648. The lowest BCUT2D eigenvalue weighted by Gasteiger charge is -2.11. The van der Waals surface area contributed by atoms with Crippen LogP contribution in [0.25, 0.3) is 0 Å². The SMILES string of the molecule is CS(=O)(=O)CCC(N)C(=O)NCCSCc1ccccc1F. The molecule has 0 fully saturated rings. The number of amides is 1. The number of sulfone groups is 1. The summed E-state index contributed by atoms with van der Waals surface area (Å²) < 4.78 is 35.4. The number of benzene rings is 1. The van der Waals surface area contributed by atoms with Crippen LogP contribution in [0.1, 0.15) is 12.0 Å². The van der Waals surface area contributed by atoms with Gasteiger partial charge in [-0.3, -0.25) is 4.79 Å². The molecule has 1 unspecified atom stereocenters. The monoisotopic (exact) mass is 348 g/mol. The maximum absolute atomic E-state index is 13.4. The summed E-state index contributed by atoms with van der Waals surface area (Å²) >= 11 is 1.50. The van der Waals surface area contributed by atoms with Crippen LogP contribution >= 0.6 is 11.8 Å². The molecule has 0 radical (unpaired) electrons. The lowest BCUT2D eigenvalue weighted by molar-refractivity contribution is -0.122. The van der Waals surface area contributed by atoms with E-state index in [4.69, 9.17) is 5.73 Å². The molecule has 0 aliphatic heterocycles. The van der Waals surface area contributed by atoms with Crippen molar-refractivity contribution in [1.29, 1.82) is 0 Å². The van der Waals surface area contributed by atoms with E-state index in [1.54, 1.807) is 18.2 Å². The largest absolute Gasteiger partial charge is 0.354 e. The number of halogens is 1. The van der Waals surface area contributed by atoms with Crippen molar-refractivity contribution >= 4 is 27.5 Å². The molecular formula is C14H21FN2O3S2. The molecule has 0 aromatic heterocycles. The fourth-order valence-corrected chi connectivity index (χ4v) is 3.17. The second kappa shape index (κ2) is 9.12. The van der Waals surface area contributed by atoms with Crippen LogP contribution in [-0.4, -0.2) is 44.7 Å². The number of hydrogen-bond donors (Lipinski definition) is 2. The summed E-state index contributed by atoms with van der Waals surface area (Å²) in [5.41, 5.74) is 6.25. The highest BCUT2D eigenvalue weighted by Gasteiger charge is 2.15. The summed E-state index contributed by atoms with van der Waals surface area (Å²) in [4.78, 5) is 11.6. The van der Waals surface area contributed by atoms with E-state index in [0.29, 0.717) is 23.6 Å². The zero-order chi connectivity index (χ0) is 16.6. The Bertz CT molecular complexity index is 594. The predicted octanol–water partition coefficient (Wildman–Crippen LogP) is 0.937. The molecule has 0 aliphatic rings. The van der Waals surface area contributed by atoms with Gasteiger partial charge in [0.25, 0.3) is 0 Å². The molecule has 22 heavy (non-hydrogen) atoms. The third-order valence-electron chi connectivity index (χ3n) is 2.90. The molecule has 0 heterocycles. The van der Waals surface area contributed by atoms with Crippen LogP contribution in [0, 0.1) is 5.82 Å². The van der Waals surface area contributed by atoms with Gasteiger partial charge in [0.05, 0.1) is 11.8 Å². The Balaban J connectivity index is 2.18. The molecular weight excluding hydrogens is 327 g/mol. The Kier molecular flexibility index (Phi) is 7.84. The van der Waals surface area contributed by atoms with Crippen molar-refractivity contribution in [1.82, 2.24) is 5.32 Å². The van der Waals surface area contributed by atoms with Gasteiger partial charge in [-0.05, 0) is 18.1 Å². The van der Waals surface area contributed by atoms with Crippen LogP contribution < -0.4 is 11.1 Å². The van der Waals surface area contributed by atoms with Gasteiger partial charge in [0, 0.05) is 24.3 Å². The molecule has 124 valence electrons. The molecule has 1 aromatic rings. The molecule has 1 rings (SSSR count). The van der Waals surface area contributed by atoms with Crippen LogP contribution in [0.4, 0.5) is 4.39 Å². The Labute approximate surface area is 134 Å². The van der Waals surface area contributed by atoms with E-state index in [-0.39, 0.29) is 23.9 Å². The zero-order valence-corrected chi connectivity index (χ0v) is 14.1. The second-order valence-electron chi connectivity index (χ2n) is 4.96. The minimum Gasteiger partial charge on any atom is -0.354 e. The first-order valence-corrected chi connectivity index (χ1v) is 10.0. The number of carbonyl (C=O) groups is 1.